The van der Waals surface area contributed by atoms with Gasteiger partial charge in [0.05, 0.1) is 17.5 Å². The van der Waals surface area contributed by atoms with Crippen LogP contribution in [-0.4, -0.2) is 50.7 Å². The van der Waals surface area contributed by atoms with Gasteiger partial charge in [0, 0.05) is 41.7 Å². The Morgan fingerprint density at radius 1 is 0.973 bits per heavy atom. The molecule has 6 rings (SSSR count). The van der Waals surface area contributed by atoms with E-state index in [0.29, 0.717) is 18.5 Å². The zero-order chi connectivity index (χ0) is 25.5. The van der Waals surface area contributed by atoms with Gasteiger partial charge in [-0.2, -0.15) is 0 Å². The number of carbonyl (C=O) groups is 2. The molecule has 0 unspecified atom stereocenters. The number of non-ortho nitro benzene ring substituents is 1. The first-order valence-corrected chi connectivity index (χ1v) is 12.5. The van der Waals surface area contributed by atoms with E-state index in [4.69, 9.17) is 0 Å². The zero-order valence-electron chi connectivity index (χ0n) is 20.2. The normalized spacial score (nSPS) is 19.1. The average molecular weight is 495 g/mol. The van der Waals surface area contributed by atoms with Gasteiger partial charge in [0.25, 0.3) is 5.69 Å². The summed E-state index contributed by atoms with van der Waals surface area (Å²) < 4.78 is 0. The van der Waals surface area contributed by atoms with E-state index in [1.165, 1.54) is 17.7 Å². The van der Waals surface area contributed by atoms with Crippen molar-refractivity contribution < 1.29 is 14.5 Å². The van der Waals surface area contributed by atoms with Crippen LogP contribution in [0.15, 0.2) is 78.9 Å². The Labute approximate surface area is 213 Å². The van der Waals surface area contributed by atoms with Crippen LogP contribution in [0.5, 0.6) is 0 Å². The van der Waals surface area contributed by atoms with Crippen molar-refractivity contribution in [3.05, 3.63) is 111 Å². The molecule has 2 aliphatic heterocycles. The fourth-order valence-corrected chi connectivity index (χ4v) is 5.79. The third-order valence-electron chi connectivity index (χ3n) is 7.48. The summed E-state index contributed by atoms with van der Waals surface area (Å²) in [6.45, 7) is 0.511. The highest BCUT2D eigenvalue weighted by molar-refractivity contribution is 5.97. The highest BCUT2D eigenvalue weighted by Crippen LogP contribution is 2.43. The molecule has 2 amide bonds. The molecule has 186 valence electrons. The van der Waals surface area contributed by atoms with Gasteiger partial charge >= 0.3 is 0 Å². The lowest BCUT2D eigenvalue weighted by Crippen LogP contribution is -2.63. The molecule has 1 saturated heterocycles. The molecule has 8 heteroatoms. The molecular formula is C29H26N4O4. The lowest BCUT2D eigenvalue weighted by molar-refractivity contribution is -0.384. The molecule has 1 N–H and O–H groups in total. The highest BCUT2D eigenvalue weighted by Gasteiger charge is 2.48. The maximum Gasteiger partial charge on any atom is 0.269 e. The van der Waals surface area contributed by atoms with Crippen molar-refractivity contribution in [2.24, 2.45) is 0 Å². The minimum Gasteiger partial charge on any atom is -0.356 e. The number of nitrogens with zero attached hydrogens (tertiary/aromatic N) is 3. The van der Waals surface area contributed by atoms with E-state index in [1.54, 1.807) is 21.9 Å². The quantitative estimate of drug-likeness (QED) is 0.317. The number of aryl methyl sites for hydroxylation is 1. The number of aromatic amines is 1. The van der Waals surface area contributed by atoms with Crippen LogP contribution < -0.4 is 0 Å². The van der Waals surface area contributed by atoms with Crippen LogP contribution in [0.25, 0.3) is 10.9 Å². The number of benzene rings is 3. The molecule has 3 aromatic carbocycles. The first kappa shape index (κ1) is 23.0. The van der Waals surface area contributed by atoms with Crippen LogP contribution in [0.1, 0.15) is 34.8 Å². The maximum atomic E-state index is 13.8. The Bertz CT molecular complexity index is 1510. The summed E-state index contributed by atoms with van der Waals surface area (Å²) in [4.78, 5) is 45.3. The summed E-state index contributed by atoms with van der Waals surface area (Å²) >= 11 is 0. The topological polar surface area (TPSA) is 99.5 Å². The summed E-state index contributed by atoms with van der Waals surface area (Å²) in [7, 11) is 0. The van der Waals surface area contributed by atoms with Crippen LogP contribution in [0, 0.1) is 10.1 Å². The first-order chi connectivity index (χ1) is 18.0. The monoisotopic (exact) mass is 494 g/mol. The number of carbonyl (C=O) groups excluding carboxylic acids is 2. The molecule has 3 heterocycles. The van der Waals surface area contributed by atoms with Gasteiger partial charge in [-0.15, -0.1) is 0 Å². The third kappa shape index (κ3) is 4.04. The lowest BCUT2D eigenvalue weighted by Gasteiger charge is -2.47. The van der Waals surface area contributed by atoms with Gasteiger partial charge in [-0.25, -0.2) is 0 Å². The number of para-hydroxylation sites is 1. The number of hydrogen-bond acceptors (Lipinski definition) is 4. The van der Waals surface area contributed by atoms with Gasteiger partial charge in [-0.3, -0.25) is 19.7 Å². The molecule has 2 atom stereocenters. The Morgan fingerprint density at radius 2 is 1.76 bits per heavy atom. The molecule has 0 bridgehead atoms. The Balaban J connectivity index is 1.37. The average Bonchev–Trinajstić information content (AvgIpc) is 3.29. The summed E-state index contributed by atoms with van der Waals surface area (Å²) in [5, 5.41) is 12.5. The minimum absolute atomic E-state index is 0.00507. The van der Waals surface area contributed by atoms with Gasteiger partial charge in [0.15, 0.2) is 0 Å². The Kier molecular flexibility index (Phi) is 5.71. The molecule has 8 nitrogen and oxygen atoms in total. The molecule has 1 fully saturated rings. The molecule has 4 aromatic rings. The molecule has 2 aliphatic rings. The van der Waals surface area contributed by atoms with Crippen LogP contribution >= 0.6 is 0 Å². The van der Waals surface area contributed by atoms with Gasteiger partial charge in [-0.1, -0.05) is 60.7 Å². The standard InChI is InChI=1S/C29H26N4O4/c34-26-18-31(15-7-10-19-8-2-1-3-9-19)29(35)25-17-23-22-13-4-5-14-24(22)30-27(23)28(32(25)26)20-11-6-12-21(16-20)33(36)37/h1-6,8-9,11-14,16,25,28,30H,7,10,15,17-18H2/t25-,28-/m1/s1. The predicted molar refractivity (Wildman–Crippen MR) is 139 cm³/mol. The van der Waals surface area contributed by atoms with Crippen LogP contribution in [-0.2, 0) is 22.4 Å². The number of rotatable bonds is 6. The second-order valence-electron chi connectivity index (χ2n) is 9.69. The number of aromatic nitrogens is 1. The van der Waals surface area contributed by atoms with E-state index in [-0.39, 0.29) is 24.0 Å². The number of amides is 2. The number of hydrogen-bond donors (Lipinski definition) is 1. The molecule has 37 heavy (non-hydrogen) atoms. The maximum absolute atomic E-state index is 13.8. The van der Waals surface area contributed by atoms with Crippen LogP contribution in [0.3, 0.4) is 0 Å². The van der Waals surface area contributed by atoms with Crippen molar-refractivity contribution in [3.63, 3.8) is 0 Å². The van der Waals surface area contributed by atoms with E-state index in [2.05, 4.69) is 17.1 Å². The summed E-state index contributed by atoms with van der Waals surface area (Å²) in [5.74, 6) is -0.218. The second kappa shape index (κ2) is 9.20. The Morgan fingerprint density at radius 3 is 2.57 bits per heavy atom. The summed E-state index contributed by atoms with van der Waals surface area (Å²) in [6, 6.07) is 23.1. The van der Waals surface area contributed by atoms with Crippen molar-refractivity contribution in [1.29, 1.82) is 0 Å². The fraction of sp³-hybridized carbons (Fsp3) is 0.241. The predicted octanol–water partition coefficient (Wildman–Crippen LogP) is 4.39. The first-order valence-electron chi connectivity index (χ1n) is 12.5. The number of piperazine rings is 1. The van der Waals surface area contributed by atoms with Crippen molar-refractivity contribution in [1.82, 2.24) is 14.8 Å². The van der Waals surface area contributed by atoms with Crippen LogP contribution in [0.2, 0.25) is 0 Å². The summed E-state index contributed by atoms with van der Waals surface area (Å²) in [5.41, 5.74) is 4.49. The van der Waals surface area contributed by atoms with Gasteiger partial charge in [0.1, 0.15) is 6.04 Å². The molecular weight excluding hydrogens is 468 g/mol. The minimum atomic E-state index is -0.658. The fourth-order valence-electron chi connectivity index (χ4n) is 5.79. The number of nitrogens with one attached hydrogen (secondary N) is 1. The van der Waals surface area contributed by atoms with E-state index in [9.17, 15) is 19.7 Å². The number of H-pyrrole nitrogens is 1. The van der Waals surface area contributed by atoms with E-state index in [1.807, 2.05) is 42.5 Å². The number of nitro benzene ring substituents is 1. The van der Waals surface area contributed by atoms with Crippen molar-refractivity contribution >= 4 is 28.4 Å². The van der Waals surface area contributed by atoms with Crippen molar-refractivity contribution in [2.75, 3.05) is 13.1 Å². The van der Waals surface area contributed by atoms with Gasteiger partial charge < -0.3 is 14.8 Å². The largest absolute Gasteiger partial charge is 0.356 e. The smallest absolute Gasteiger partial charge is 0.269 e. The second-order valence-corrected chi connectivity index (χ2v) is 9.69. The van der Waals surface area contributed by atoms with Gasteiger partial charge in [0.2, 0.25) is 11.8 Å². The molecule has 0 saturated carbocycles. The molecule has 0 radical (unpaired) electrons. The van der Waals surface area contributed by atoms with E-state index in [0.717, 1.165) is 35.0 Å². The van der Waals surface area contributed by atoms with Crippen molar-refractivity contribution in [3.8, 4) is 0 Å². The number of nitro groups is 1. The molecule has 1 aromatic heterocycles. The zero-order valence-corrected chi connectivity index (χ0v) is 20.2. The molecule has 0 aliphatic carbocycles. The van der Waals surface area contributed by atoms with Crippen molar-refractivity contribution in [2.45, 2.75) is 31.3 Å². The Hall–Kier alpha value is -4.46. The summed E-state index contributed by atoms with van der Waals surface area (Å²) in [6.07, 6.45) is 2.00. The molecule has 0 spiro atoms. The van der Waals surface area contributed by atoms with Crippen LogP contribution in [0.4, 0.5) is 5.69 Å². The lowest BCUT2D eigenvalue weighted by atomic mass is 9.86. The van der Waals surface area contributed by atoms with Gasteiger partial charge in [-0.05, 0) is 35.6 Å². The van der Waals surface area contributed by atoms with E-state index >= 15 is 0 Å². The number of fused-ring (bicyclic) bond motifs is 4. The van der Waals surface area contributed by atoms with E-state index < -0.39 is 17.0 Å². The third-order valence-corrected chi connectivity index (χ3v) is 7.48. The highest BCUT2D eigenvalue weighted by atomic mass is 16.6. The SMILES string of the molecule is O=C1[C@H]2Cc3c([nH]c4ccccc34)[C@@H](c3cccc([N+](=O)[O-])c3)N2C(=O)CN1CCCc1ccccc1.